The van der Waals surface area contributed by atoms with Gasteiger partial charge in [-0.3, -0.25) is 9.59 Å². The van der Waals surface area contributed by atoms with Crippen LogP contribution in [0.25, 0.3) is 0 Å². The number of hydrogen-bond acceptors (Lipinski definition) is 3. The lowest BCUT2D eigenvalue weighted by atomic mass is 9.86. The molecule has 2 rings (SSSR count). The zero-order chi connectivity index (χ0) is 16.7. The van der Waals surface area contributed by atoms with Gasteiger partial charge in [0.2, 0.25) is 5.91 Å². The maximum absolute atomic E-state index is 12.2. The van der Waals surface area contributed by atoms with E-state index in [1.165, 1.54) is 19.3 Å². The normalized spacial score (nSPS) is 20.8. The molecule has 1 fully saturated rings. The van der Waals surface area contributed by atoms with Crippen LogP contribution in [0, 0.1) is 5.92 Å². The lowest BCUT2D eigenvalue weighted by Crippen LogP contribution is -2.41. The summed E-state index contributed by atoms with van der Waals surface area (Å²) in [6.07, 6.45) is 5.18. The molecule has 4 nitrogen and oxygen atoms in total. The number of ether oxygens (including phenoxy) is 1. The molecule has 0 heterocycles. The maximum Gasteiger partial charge on any atom is 0.220 e. The van der Waals surface area contributed by atoms with Crippen molar-refractivity contribution in [3.8, 4) is 5.75 Å². The van der Waals surface area contributed by atoms with Gasteiger partial charge in [0, 0.05) is 24.4 Å². The van der Waals surface area contributed by atoms with Gasteiger partial charge in [-0.1, -0.05) is 19.8 Å². The van der Waals surface area contributed by atoms with E-state index in [4.69, 9.17) is 4.74 Å². The van der Waals surface area contributed by atoms with Crippen molar-refractivity contribution in [2.75, 3.05) is 6.61 Å². The van der Waals surface area contributed by atoms with E-state index in [9.17, 15) is 9.59 Å². The van der Waals surface area contributed by atoms with Gasteiger partial charge in [-0.25, -0.2) is 0 Å². The van der Waals surface area contributed by atoms with Crippen molar-refractivity contribution >= 4 is 11.7 Å². The van der Waals surface area contributed by atoms with E-state index in [0.717, 1.165) is 12.2 Å². The molecule has 0 spiro atoms. The third-order valence-electron chi connectivity index (χ3n) is 4.52. The molecule has 126 valence electrons. The number of ketones is 1. The molecule has 0 aromatic heterocycles. The Morgan fingerprint density at radius 1 is 1.13 bits per heavy atom. The van der Waals surface area contributed by atoms with E-state index in [0.29, 0.717) is 18.1 Å². The number of rotatable bonds is 7. The molecule has 1 aromatic carbocycles. The van der Waals surface area contributed by atoms with Gasteiger partial charge in [-0.05, 0) is 49.9 Å². The number of Topliss-reactive ketones (excluding diaryl/α,β-unsaturated/α-hetero) is 1. The van der Waals surface area contributed by atoms with Crippen LogP contribution in [0.4, 0.5) is 0 Å². The van der Waals surface area contributed by atoms with Gasteiger partial charge >= 0.3 is 0 Å². The lowest BCUT2D eigenvalue weighted by molar-refractivity contribution is -0.122. The first-order chi connectivity index (χ1) is 11.1. The summed E-state index contributed by atoms with van der Waals surface area (Å²) in [7, 11) is 0. The molecule has 1 aliphatic carbocycles. The predicted molar refractivity (Wildman–Crippen MR) is 90.7 cm³/mol. The summed E-state index contributed by atoms with van der Waals surface area (Å²) >= 11 is 0. The zero-order valence-corrected chi connectivity index (χ0v) is 14.1. The van der Waals surface area contributed by atoms with Gasteiger partial charge < -0.3 is 10.1 Å². The SMILES string of the molecule is CCOc1ccc(C(=O)CCC(=O)N[C@H]2CCCC[C@H]2C)cc1. The number of carbonyl (C=O) groups excluding carboxylic acids is 2. The number of benzene rings is 1. The van der Waals surface area contributed by atoms with Crippen LogP contribution in [0.1, 0.15) is 62.7 Å². The summed E-state index contributed by atoms with van der Waals surface area (Å²) in [5, 5.41) is 3.09. The highest BCUT2D eigenvalue weighted by atomic mass is 16.5. The lowest BCUT2D eigenvalue weighted by Gasteiger charge is -2.29. The number of hydrogen-bond donors (Lipinski definition) is 1. The zero-order valence-electron chi connectivity index (χ0n) is 14.1. The van der Waals surface area contributed by atoms with Crippen molar-refractivity contribution < 1.29 is 14.3 Å². The first-order valence-electron chi connectivity index (χ1n) is 8.65. The number of nitrogens with one attached hydrogen (secondary N) is 1. The molecule has 0 aliphatic heterocycles. The Morgan fingerprint density at radius 3 is 2.48 bits per heavy atom. The third kappa shape index (κ3) is 5.38. The van der Waals surface area contributed by atoms with E-state index in [2.05, 4.69) is 12.2 Å². The van der Waals surface area contributed by atoms with Gasteiger partial charge in [0.15, 0.2) is 5.78 Å². The van der Waals surface area contributed by atoms with Gasteiger partial charge in [0.25, 0.3) is 0 Å². The molecule has 1 saturated carbocycles. The number of amides is 1. The molecule has 4 heteroatoms. The summed E-state index contributed by atoms with van der Waals surface area (Å²) in [5.41, 5.74) is 0.632. The Hall–Kier alpha value is -1.84. The van der Waals surface area contributed by atoms with Crippen molar-refractivity contribution in [1.29, 1.82) is 0 Å². The highest BCUT2D eigenvalue weighted by molar-refractivity contribution is 5.98. The first-order valence-corrected chi connectivity index (χ1v) is 8.65. The summed E-state index contributed by atoms with van der Waals surface area (Å²) in [5.74, 6) is 1.28. The van der Waals surface area contributed by atoms with Crippen LogP contribution in [-0.4, -0.2) is 24.3 Å². The van der Waals surface area contributed by atoms with E-state index in [-0.39, 0.29) is 30.6 Å². The Kier molecular flexibility index (Phi) is 6.63. The van der Waals surface area contributed by atoms with Crippen LogP contribution in [-0.2, 0) is 4.79 Å². The molecule has 0 unspecified atom stereocenters. The smallest absolute Gasteiger partial charge is 0.220 e. The standard InChI is InChI=1S/C19H27NO3/c1-3-23-16-10-8-15(9-11-16)18(21)12-13-19(22)20-17-7-5-4-6-14(17)2/h8-11,14,17H,3-7,12-13H2,1-2H3,(H,20,22)/t14-,17+/m1/s1. The fraction of sp³-hybridized carbons (Fsp3) is 0.579. The minimum Gasteiger partial charge on any atom is -0.494 e. The second-order valence-corrected chi connectivity index (χ2v) is 6.32. The van der Waals surface area contributed by atoms with E-state index in [1.54, 1.807) is 24.3 Å². The van der Waals surface area contributed by atoms with Crippen molar-refractivity contribution in [1.82, 2.24) is 5.32 Å². The summed E-state index contributed by atoms with van der Waals surface area (Å²) in [6.45, 7) is 4.72. The maximum atomic E-state index is 12.2. The Morgan fingerprint density at radius 2 is 1.83 bits per heavy atom. The minimum absolute atomic E-state index is 0.000101. The molecule has 1 amide bonds. The molecule has 2 atom stereocenters. The minimum atomic E-state index is -0.0111. The highest BCUT2D eigenvalue weighted by Gasteiger charge is 2.22. The van der Waals surface area contributed by atoms with Crippen molar-refractivity contribution in [2.45, 2.75) is 58.4 Å². The van der Waals surface area contributed by atoms with Gasteiger partial charge in [0.1, 0.15) is 5.75 Å². The summed E-state index contributed by atoms with van der Waals surface area (Å²) in [4.78, 5) is 24.2. The van der Waals surface area contributed by atoms with Crippen molar-refractivity contribution in [2.24, 2.45) is 5.92 Å². The Labute approximate surface area is 138 Å². The van der Waals surface area contributed by atoms with E-state index in [1.807, 2.05) is 6.92 Å². The molecule has 0 radical (unpaired) electrons. The molecule has 0 saturated heterocycles. The largest absolute Gasteiger partial charge is 0.494 e. The second kappa shape index (κ2) is 8.70. The molecular weight excluding hydrogens is 290 g/mol. The van der Waals surface area contributed by atoms with Gasteiger partial charge in [-0.15, -0.1) is 0 Å². The summed E-state index contributed by atoms with van der Waals surface area (Å²) < 4.78 is 5.36. The topological polar surface area (TPSA) is 55.4 Å². The summed E-state index contributed by atoms with van der Waals surface area (Å²) in [6, 6.07) is 7.38. The molecule has 1 aliphatic rings. The van der Waals surface area contributed by atoms with E-state index < -0.39 is 0 Å². The fourth-order valence-electron chi connectivity index (χ4n) is 3.08. The molecule has 1 N–H and O–H groups in total. The van der Waals surface area contributed by atoms with Gasteiger partial charge in [0.05, 0.1) is 6.61 Å². The fourth-order valence-corrected chi connectivity index (χ4v) is 3.08. The number of carbonyl (C=O) groups is 2. The Balaban J connectivity index is 1.77. The third-order valence-corrected chi connectivity index (χ3v) is 4.52. The van der Waals surface area contributed by atoms with Crippen LogP contribution in [0.5, 0.6) is 5.75 Å². The average Bonchev–Trinajstić information content (AvgIpc) is 2.56. The molecule has 0 bridgehead atoms. The van der Waals surface area contributed by atoms with Crippen LogP contribution in [0.3, 0.4) is 0 Å². The highest BCUT2D eigenvalue weighted by Crippen LogP contribution is 2.23. The first kappa shape index (κ1) is 17.5. The van der Waals surface area contributed by atoms with Crippen molar-refractivity contribution in [3.63, 3.8) is 0 Å². The van der Waals surface area contributed by atoms with Crippen molar-refractivity contribution in [3.05, 3.63) is 29.8 Å². The second-order valence-electron chi connectivity index (χ2n) is 6.32. The average molecular weight is 317 g/mol. The predicted octanol–water partition coefficient (Wildman–Crippen LogP) is 3.74. The Bertz CT molecular complexity index is 524. The quantitative estimate of drug-likeness (QED) is 0.779. The molecule has 1 aromatic rings. The van der Waals surface area contributed by atoms with Crippen LogP contribution in [0.15, 0.2) is 24.3 Å². The monoisotopic (exact) mass is 317 g/mol. The van der Waals surface area contributed by atoms with Crippen LogP contribution < -0.4 is 10.1 Å². The molecular formula is C19H27NO3. The van der Waals surface area contributed by atoms with Crippen LogP contribution in [0.2, 0.25) is 0 Å². The molecule has 23 heavy (non-hydrogen) atoms. The van der Waals surface area contributed by atoms with Gasteiger partial charge in [-0.2, -0.15) is 0 Å². The van der Waals surface area contributed by atoms with E-state index >= 15 is 0 Å². The van der Waals surface area contributed by atoms with Crippen LogP contribution >= 0.6 is 0 Å².